The number of sulfonamides is 1. The van der Waals surface area contributed by atoms with E-state index in [-0.39, 0.29) is 17.1 Å². The fourth-order valence-electron chi connectivity index (χ4n) is 3.78. The Morgan fingerprint density at radius 3 is 2.78 bits per heavy atom. The van der Waals surface area contributed by atoms with Crippen LogP contribution in [0.3, 0.4) is 0 Å². The molecule has 0 atom stereocenters. The van der Waals surface area contributed by atoms with Gasteiger partial charge in [-0.1, -0.05) is 35.9 Å². The van der Waals surface area contributed by atoms with E-state index in [9.17, 15) is 13.2 Å². The Morgan fingerprint density at radius 2 is 1.91 bits per heavy atom. The highest BCUT2D eigenvalue weighted by Crippen LogP contribution is 2.32. The largest absolute Gasteiger partial charge is 0.456 e. The summed E-state index contributed by atoms with van der Waals surface area (Å²) in [5.41, 5.74) is 3.05. The summed E-state index contributed by atoms with van der Waals surface area (Å²) in [5, 5.41) is 0.567. The van der Waals surface area contributed by atoms with Crippen molar-refractivity contribution in [1.29, 1.82) is 0 Å². The maximum atomic E-state index is 13.2. The van der Waals surface area contributed by atoms with Gasteiger partial charge in [0.05, 0.1) is 26.9 Å². The normalized spacial score (nSPS) is 13.3. The molecule has 0 unspecified atom stereocenters. The molecule has 0 saturated heterocycles. The monoisotopic (exact) mass is 467 g/mol. The van der Waals surface area contributed by atoms with Crippen LogP contribution in [-0.4, -0.2) is 30.3 Å². The van der Waals surface area contributed by atoms with Crippen LogP contribution in [0, 0.1) is 0 Å². The molecule has 32 heavy (non-hydrogen) atoms. The molecule has 162 valence electrons. The average Bonchev–Trinajstić information content (AvgIpc) is 3.41. The van der Waals surface area contributed by atoms with Gasteiger partial charge in [-0.2, -0.15) is 0 Å². The number of carbonyl (C=O) groups is 1. The van der Waals surface area contributed by atoms with E-state index in [0.717, 1.165) is 5.56 Å². The Bertz CT molecular complexity index is 1450. The molecule has 0 fully saturated rings. The van der Waals surface area contributed by atoms with Crippen molar-refractivity contribution in [2.24, 2.45) is 0 Å². The van der Waals surface area contributed by atoms with E-state index in [2.05, 4.69) is 4.98 Å². The molecule has 9 heteroatoms. The van der Waals surface area contributed by atoms with Crippen molar-refractivity contribution in [1.82, 2.24) is 9.38 Å². The first kappa shape index (κ1) is 20.5. The second kappa shape index (κ2) is 7.96. The van der Waals surface area contributed by atoms with Crippen molar-refractivity contribution in [2.45, 2.75) is 17.9 Å². The van der Waals surface area contributed by atoms with Crippen molar-refractivity contribution in [3.63, 3.8) is 0 Å². The van der Waals surface area contributed by atoms with Crippen molar-refractivity contribution in [3.05, 3.63) is 94.9 Å². The van der Waals surface area contributed by atoms with Gasteiger partial charge in [-0.3, -0.25) is 4.31 Å². The van der Waals surface area contributed by atoms with E-state index in [4.69, 9.17) is 16.3 Å². The smallest absolute Gasteiger partial charge is 0.338 e. The van der Waals surface area contributed by atoms with Crippen LogP contribution in [0.25, 0.3) is 5.65 Å². The topological polar surface area (TPSA) is 81.0 Å². The van der Waals surface area contributed by atoms with Gasteiger partial charge in [0.1, 0.15) is 12.3 Å². The van der Waals surface area contributed by atoms with Crippen molar-refractivity contribution in [2.75, 3.05) is 10.8 Å². The number of esters is 1. The van der Waals surface area contributed by atoms with Gasteiger partial charge in [0.2, 0.25) is 0 Å². The molecule has 5 rings (SSSR count). The molecule has 3 heterocycles. The molecular weight excluding hydrogens is 450 g/mol. The summed E-state index contributed by atoms with van der Waals surface area (Å²) in [6.07, 6.45) is 4.08. The number of rotatable bonds is 5. The van der Waals surface area contributed by atoms with Crippen LogP contribution >= 0.6 is 11.6 Å². The summed E-state index contributed by atoms with van der Waals surface area (Å²) in [5.74, 6) is -0.626. The van der Waals surface area contributed by atoms with Gasteiger partial charge >= 0.3 is 5.97 Å². The number of halogens is 1. The second-order valence-electron chi connectivity index (χ2n) is 7.40. The zero-order valence-corrected chi connectivity index (χ0v) is 18.4. The molecule has 0 radical (unpaired) electrons. The minimum absolute atomic E-state index is 0.0470. The Labute approximate surface area is 189 Å². The third-order valence-electron chi connectivity index (χ3n) is 5.32. The first-order valence-electron chi connectivity index (χ1n) is 9.93. The van der Waals surface area contributed by atoms with E-state index in [1.807, 2.05) is 18.2 Å². The van der Waals surface area contributed by atoms with Gasteiger partial charge < -0.3 is 9.14 Å². The molecular formula is C23H18ClN3O4S. The number of anilines is 1. The van der Waals surface area contributed by atoms with Crippen LogP contribution in [0.4, 0.5) is 5.69 Å². The fraction of sp³-hybridized carbons (Fsp3) is 0.130. The van der Waals surface area contributed by atoms with E-state index < -0.39 is 16.0 Å². The number of pyridine rings is 1. The van der Waals surface area contributed by atoms with Gasteiger partial charge in [0.15, 0.2) is 0 Å². The standard InChI is InChI=1S/C23H18ClN3O4S/c24-18-8-9-22-25-19(14-26(22)13-18)15-31-23(28)17-5-3-6-20(12-17)32(29,30)27-11-10-16-4-1-2-7-21(16)27/h1-9,12-14H,10-11,15H2. The van der Waals surface area contributed by atoms with Crippen molar-refractivity contribution < 1.29 is 17.9 Å². The maximum absolute atomic E-state index is 13.2. The van der Waals surface area contributed by atoms with E-state index in [1.54, 1.807) is 41.1 Å². The SMILES string of the molecule is O=C(OCc1cn2cc(Cl)ccc2n1)c1cccc(S(=O)(=O)N2CCc3ccccc32)c1. The lowest BCUT2D eigenvalue weighted by Gasteiger charge is -2.19. The predicted molar refractivity (Wildman–Crippen MR) is 120 cm³/mol. The van der Waals surface area contributed by atoms with Gasteiger partial charge in [-0.25, -0.2) is 18.2 Å². The highest BCUT2D eigenvalue weighted by Gasteiger charge is 2.31. The van der Waals surface area contributed by atoms with Crippen LogP contribution in [0.5, 0.6) is 0 Å². The van der Waals surface area contributed by atoms with Crippen LogP contribution in [0.15, 0.2) is 78.0 Å². The van der Waals surface area contributed by atoms with Crippen LogP contribution in [0.1, 0.15) is 21.6 Å². The quantitative estimate of drug-likeness (QED) is 0.413. The average molecular weight is 468 g/mol. The molecule has 4 aromatic rings. The van der Waals surface area contributed by atoms with Gasteiger partial charge in [-0.05, 0) is 48.4 Å². The minimum Gasteiger partial charge on any atom is -0.456 e. The third kappa shape index (κ3) is 3.72. The Hall–Kier alpha value is -3.36. The highest BCUT2D eigenvalue weighted by molar-refractivity contribution is 7.92. The van der Waals surface area contributed by atoms with E-state index in [1.165, 1.54) is 22.5 Å². The summed E-state index contributed by atoms with van der Waals surface area (Å²) < 4.78 is 35.0. The van der Waals surface area contributed by atoms with Crippen LogP contribution < -0.4 is 4.31 Å². The molecule has 2 aromatic carbocycles. The summed E-state index contributed by atoms with van der Waals surface area (Å²) in [4.78, 5) is 17.0. The predicted octanol–water partition coefficient (Wildman–Crippen LogP) is 4.10. The number of ether oxygens (including phenoxy) is 1. The number of benzene rings is 2. The van der Waals surface area contributed by atoms with E-state index in [0.29, 0.717) is 35.0 Å². The lowest BCUT2D eigenvalue weighted by molar-refractivity contribution is 0.0468. The molecule has 0 bridgehead atoms. The fourth-order valence-corrected chi connectivity index (χ4v) is 5.50. The first-order valence-corrected chi connectivity index (χ1v) is 11.7. The number of carbonyl (C=O) groups excluding carboxylic acids is 1. The molecule has 7 nitrogen and oxygen atoms in total. The van der Waals surface area contributed by atoms with Gasteiger partial charge in [-0.15, -0.1) is 0 Å². The van der Waals surface area contributed by atoms with Crippen molar-refractivity contribution in [3.8, 4) is 0 Å². The summed E-state index contributed by atoms with van der Waals surface area (Å²) in [6, 6.07) is 16.8. The zero-order valence-electron chi connectivity index (χ0n) is 16.8. The number of nitrogens with zero attached hydrogens (tertiary/aromatic N) is 3. The number of fused-ring (bicyclic) bond motifs is 2. The first-order chi connectivity index (χ1) is 15.4. The molecule has 1 aliphatic rings. The highest BCUT2D eigenvalue weighted by atomic mass is 35.5. The number of hydrogen-bond acceptors (Lipinski definition) is 5. The van der Waals surface area contributed by atoms with Crippen LogP contribution in [0.2, 0.25) is 5.02 Å². The third-order valence-corrected chi connectivity index (χ3v) is 7.35. The number of hydrogen-bond donors (Lipinski definition) is 0. The summed E-state index contributed by atoms with van der Waals surface area (Å²) >= 11 is 5.98. The molecule has 2 aromatic heterocycles. The molecule has 1 aliphatic heterocycles. The van der Waals surface area contributed by atoms with Crippen LogP contribution in [-0.2, 0) is 27.8 Å². The Kier molecular flexibility index (Phi) is 5.11. The van der Waals surface area contributed by atoms with Crippen molar-refractivity contribution >= 4 is 38.9 Å². The lowest BCUT2D eigenvalue weighted by atomic mass is 10.2. The van der Waals surface area contributed by atoms with Gasteiger partial charge in [0.25, 0.3) is 10.0 Å². The Morgan fingerprint density at radius 1 is 1.06 bits per heavy atom. The van der Waals surface area contributed by atoms with Gasteiger partial charge in [0, 0.05) is 18.9 Å². The molecule has 0 saturated carbocycles. The summed E-state index contributed by atoms with van der Waals surface area (Å²) in [7, 11) is -3.80. The number of aromatic nitrogens is 2. The summed E-state index contributed by atoms with van der Waals surface area (Å²) in [6.45, 7) is 0.322. The molecule has 0 spiro atoms. The van der Waals surface area contributed by atoms with E-state index >= 15 is 0 Å². The zero-order chi connectivity index (χ0) is 22.3. The molecule has 0 aliphatic carbocycles. The number of imidazole rings is 1. The maximum Gasteiger partial charge on any atom is 0.338 e. The number of para-hydroxylation sites is 1. The second-order valence-corrected chi connectivity index (χ2v) is 9.70. The Balaban J connectivity index is 1.34. The minimum atomic E-state index is -3.80. The lowest BCUT2D eigenvalue weighted by Crippen LogP contribution is -2.29. The molecule has 0 N–H and O–H groups in total. The molecule has 0 amide bonds.